The van der Waals surface area contributed by atoms with Crippen molar-refractivity contribution in [3.8, 4) is 5.75 Å². The Bertz CT molecular complexity index is 595. The second-order valence-corrected chi connectivity index (χ2v) is 5.83. The maximum absolute atomic E-state index is 13.4. The lowest BCUT2D eigenvalue weighted by atomic mass is 10.1. The molecule has 0 saturated carbocycles. The minimum Gasteiger partial charge on any atom is -0.488 e. The summed E-state index contributed by atoms with van der Waals surface area (Å²) in [4.78, 5) is 0. The molecule has 0 aliphatic carbocycles. The molecule has 0 aliphatic rings. The van der Waals surface area contributed by atoms with E-state index >= 15 is 0 Å². The molecule has 0 bridgehead atoms. The van der Waals surface area contributed by atoms with Gasteiger partial charge in [0.1, 0.15) is 18.2 Å². The van der Waals surface area contributed by atoms with Crippen molar-refractivity contribution in [2.75, 3.05) is 6.54 Å². The largest absolute Gasteiger partial charge is 0.488 e. The molecule has 0 heterocycles. The molecule has 0 fully saturated rings. The van der Waals surface area contributed by atoms with Gasteiger partial charge in [0.2, 0.25) is 0 Å². The third-order valence-electron chi connectivity index (χ3n) is 3.16. The Hall–Kier alpha value is -1.39. The predicted molar refractivity (Wildman–Crippen MR) is 87.0 cm³/mol. The third-order valence-corrected chi connectivity index (χ3v) is 3.62. The lowest BCUT2D eigenvalue weighted by Gasteiger charge is -2.14. The molecule has 0 saturated heterocycles. The Balaban J connectivity index is 2.15. The first-order chi connectivity index (χ1) is 10.1. The fraction of sp³-hybridized carbons (Fsp3) is 0.294. The molecule has 0 amide bonds. The van der Waals surface area contributed by atoms with Gasteiger partial charge in [-0.2, -0.15) is 0 Å². The average molecular weight is 352 g/mol. The number of ether oxygens (including phenoxy) is 1. The van der Waals surface area contributed by atoms with Crippen LogP contribution in [0.3, 0.4) is 0 Å². The van der Waals surface area contributed by atoms with Crippen molar-refractivity contribution in [1.29, 1.82) is 0 Å². The summed E-state index contributed by atoms with van der Waals surface area (Å²) in [7, 11) is 0. The van der Waals surface area contributed by atoms with Crippen LogP contribution in [0.25, 0.3) is 0 Å². The minimum absolute atomic E-state index is 0.263. The molecule has 2 nitrogen and oxygen atoms in total. The first-order valence-electron chi connectivity index (χ1n) is 6.97. The van der Waals surface area contributed by atoms with Crippen LogP contribution in [0.15, 0.2) is 40.9 Å². The molecule has 0 aromatic heterocycles. The first kappa shape index (κ1) is 16.0. The van der Waals surface area contributed by atoms with Gasteiger partial charge >= 0.3 is 0 Å². The zero-order valence-corrected chi connectivity index (χ0v) is 13.8. The maximum Gasteiger partial charge on any atom is 0.127 e. The van der Waals surface area contributed by atoms with Crippen LogP contribution < -0.4 is 10.1 Å². The van der Waals surface area contributed by atoms with Crippen molar-refractivity contribution >= 4 is 15.9 Å². The zero-order valence-electron chi connectivity index (χ0n) is 12.2. The standard InChI is InChI=1S/C17H19BrFNO/c1-3-20-10-14-6-4-5-12(2)17(14)21-11-13-7-15(18)9-16(19)8-13/h4-9,20H,3,10-11H2,1-2H3. The summed E-state index contributed by atoms with van der Waals surface area (Å²) in [6, 6.07) is 10.9. The number of hydrogen-bond acceptors (Lipinski definition) is 2. The van der Waals surface area contributed by atoms with Crippen LogP contribution in [0.1, 0.15) is 23.6 Å². The van der Waals surface area contributed by atoms with E-state index in [4.69, 9.17) is 4.74 Å². The Kier molecular flexibility index (Phi) is 5.76. The Labute approximate surface area is 133 Å². The van der Waals surface area contributed by atoms with Crippen LogP contribution in [-0.2, 0) is 13.2 Å². The molecule has 4 heteroatoms. The summed E-state index contributed by atoms with van der Waals surface area (Å²) in [6.07, 6.45) is 0. The van der Waals surface area contributed by atoms with Gasteiger partial charge in [-0.1, -0.05) is 41.1 Å². The summed E-state index contributed by atoms with van der Waals surface area (Å²) in [6.45, 7) is 6.11. The van der Waals surface area contributed by atoms with Crippen molar-refractivity contribution in [2.45, 2.75) is 27.0 Å². The first-order valence-corrected chi connectivity index (χ1v) is 7.76. The number of hydrogen-bond donors (Lipinski definition) is 1. The topological polar surface area (TPSA) is 21.3 Å². The molecule has 21 heavy (non-hydrogen) atoms. The van der Waals surface area contributed by atoms with Gasteiger partial charge in [-0.15, -0.1) is 0 Å². The quantitative estimate of drug-likeness (QED) is 0.821. The number of benzene rings is 2. The number of para-hydroxylation sites is 1. The van der Waals surface area contributed by atoms with Crippen LogP contribution in [0.2, 0.25) is 0 Å². The van der Waals surface area contributed by atoms with E-state index in [1.807, 2.05) is 31.2 Å². The molecule has 1 N–H and O–H groups in total. The highest BCUT2D eigenvalue weighted by Gasteiger charge is 2.08. The molecule has 0 unspecified atom stereocenters. The normalized spacial score (nSPS) is 10.7. The van der Waals surface area contributed by atoms with E-state index in [0.717, 1.165) is 40.0 Å². The van der Waals surface area contributed by atoms with Gasteiger partial charge in [0.25, 0.3) is 0 Å². The maximum atomic E-state index is 13.4. The second-order valence-electron chi connectivity index (χ2n) is 4.91. The summed E-state index contributed by atoms with van der Waals surface area (Å²) < 4.78 is 20.0. The summed E-state index contributed by atoms with van der Waals surface area (Å²) in [5, 5.41) is 3.30. The smallest absolute Gasteiger partial charge is 0.127 e. The minimum atomic E-state index is -0.263. The van der Waals surface area contributed by atoms with Gasteiger partial charge in [0.05, 0.1) is 0 Å². The number of halogens is 2. The molecule has 0 radical (unpaired) electrons. The van der Waals surface area contributed by atoms with Crippen molar-refractivity contribution in [3.63, 3.8) is 0 Å². The van der Waals surface area contributed by atoms with E-state index in [0.29, 0.717) is 6.61 Å². The summed E-state index contributed by atoms with van der Waals surface area (Å²) in [5.74, 6) is 0.611. The van der Waals surface area contributed by atoms with Crippen LogP contribution in [0, 0.1) is 12.7 Å². The van der Waals surface area contributed by atoms with Crippen LogP contribution >= 0.6 is 15.9 Å². The Morgan fingerprint density at radius 3 is 2.76 bits per heavy atom. The van der Waals surface area contributed by atoms with Crippen molar-refractivity contribution < 1.29 is 9.13 Å². The lowest BCUT2D eigenvalue weighted by molar-refractivity contribution is 0.299. The SMILES string of the molecule is CCNCc1cccc(C)c1OCc1cc(F)cc(Br)c1. The van der Waals surface area contributed by atoms with Gasteiger partial charge < -0.3 is 10.1 Å². The van der Waals surface area contributed by atoms with Crippen LogP contribution in [0.5, 0.6) is 5.75 Å². The van der Waals surface area contributed by atoms with Crippen LogP contribution in [-0.4, -0.2) is 6.54 Å². The average Bonchev–Trinajstić information content (AvgIpc) is 2.43. The predicted octanol–water partition coefficient (Wildman–Crippen LogP) is 4.59. The molecule has 0 aliphatic heterocycles. The molecule has 112 valence electrons. The highest BCUT2D eigenvalue weighted by Crippen LogP contribution is 2.25. The van der Waals surface area contributed by atoms with Crippen LogP contribution in [0.4, 0.5) is 4.39 Å². The van der Waals surface area contributed by atoms with Crippen molar-refractivity contribution in [3.05, 3.63) is 63.4 Å². The zero-order chi connectivity index (χ0) is 15.2. The van der Waals surface area contributed by atoms with E-state index < -0.39 is 0 Å². The van der Waals surface area contributed by atoms with Gasteiger partial charge in [-0.3, -0.25) is 0 Å². The number of nitrogens with one attached hydrogen (secondary N) is 1. The molecule has 2 aromatic rings. The molecular weight excluding hydrogens is 333 g/mol. The molecule has 2 rings (SSSR count). The molecular formula is C17H19BrFNO. The van der Waals surface area contributed by atoms with Crippen molar-refractivity contribution in [1.82, 2.24) is 5.32 Å². The number of rotatable bonds is 6. The molecule has 2 aromatic carbocycles. The summed E-state index contributed by atoms with van der Waals surface area (Å²) >= 11 is 3.30. The third kappa shape index (κ3) is 4.55. The molecule has 0 atom stereocenters. The monoisotopic (exact) mass is 351 g/mol. The highest BCUT2D eigenvalue weighted by atomic mass is 79.9. The second kappa shape index (κ2) is 7.57. The number of aryl methyl sites for hydroxylation is 1. The van der Waals surface area contributed by atoms with Gasteiger partial charge in [-0.25, -0.2) is 4.39 Å². The Morgan fingerprint density at radius 2 is 2.05 bits per heavy atom. The fourth-order valence-electron chi connectivity index (χ4n) is 2.17. The highest BCUT2D eigenvalue weighted by molar-refractivity contribution is 9.10. The van der Waals surface area contributed by atoms with E-state index in [2.05, 4.69) is 28.2 Å². The fourth-order valence-corrected chi connectivity index (χ4v) is 2.68. The van der Waals surface area contributed by atoms with Gasteiger partial charge in [-0.05, 0) is 42.8 Å². The van der Waals surface area contributed by atoms with Gasteiger partial charge in [0.15, 0.2) is 0 Å². The molecule has 0 spiro atoms. The van der Waals surface area contributed by atoms with E-state index in [1.54, 1.807) is 0 Å². The van der Waals surface area contributed by atoms with Gasteiger partial charge in [0, 0.05) is 16.6 Å². The van der Waals surface area contributed by atoms with E-state index in [1.165, 1.54) is 12.1 Å². The lowest BCUT2D eigenvalue weighted by Crippen LogP contribution is -2.13. The van der Waals surface area contributed by atoms with E-state index in [9.17, 15) is 4.39 Å². The summed E-state index contributed by atoms with van der Waals surface area (Å²) in [5.41, 5.74) is 3.01. The van der Waals surface area contributed by atoms with E-state index in [-0.39, 0.29) is 5.82 Å². The van der Waals surface area contributed by atoms with Crippen molar-refractivity contribution in [2.24, 2.45) is 0 Å². The Morgan fingerprint density at radius 1 is 1.24 bits per heavy atom.